The van der Waals surface area contributed by atoms with Gasteiger partial charge in [0.15, 0.2) is 0 Å². The second-order valence-corrected chi connectivity index (χ2v) is 8.88. The summed E-state index contributed by atoms with van der Waals surface area (Å²) in [6, 6.07) is 2.34. The molecule has 0 bridgehead atoms. The Kier molecular flexibility index (Phi) is 6.33. The molecule has 0 amide bonds. The summed E-state index contributed by atoms with van der Waals surface area (Å²) in [6.07, 6.45) is 11.1. The Morgan fingerprint density at radius 2 is 2.07 bits per heavy atom. The van der Waals surface area contributed by atoms with Crippen LogP contribution in [0.5, 0.6) is 0 Å². The molecule has 1 unspecified atom stereocenters. The number of nitrogens with one attached hydrogen (secondary N) is 2. The molecule has 7 nitrogen and oxygen atoms in total. The van der Waals surface area contributed by atoms with Gasteiger partial charge >= 0.3 is 0 Å². The molecule has 2 N–H and O–H groups in total. The van der Waals surface area contributed by atoms with Gasteiger partial charge in [-0.15, -0.1) is 0 Å². The van der Waals surface area contributed by atoms with Crippen LogP contribution in [0.15, 0.2) is 17.1 Å². The van der Waals surface area contributed by atoms with Gasteiger partial charge in [0.2, 0.25) is 0 Å². The van der Waals surface area contributed by atoms with E-state index in [0.717, 1.165) is 31.7 Å². The number of hydrogen-bond acceptors (Lipinski definition) is 6. The second kappa shape index (κ2) is 8.93. The first-order chi connectivity index (χ1) is 13.6. The maximum Gasteiger partial charge on any atom is 0.268 e. The molecule has 1 aromatic rings. The summed E-state index contributed by atoms with van der Waals surface area (Å²) in [5, 5.41) is 11.4. The van der Waals surface area contributed by atoms with Gasteiger partial charge in [0, 0.05) is 32.2 Å². The molecule has 1 atom stereocenters. The number of rotatable bonds is 5. The van der Waals surface area contributed by atoms with E-state index in [0.29, 0.717) is 18.1 Å². The third kappa shape index (κ3) is 4.75. The van der Waals surface area contributed by atoms with Crippen LogP contribution in [-0.4, -0.2) is 61.3 Å². The summed E-state index contributed by atoms with van der Waals surface area (Å²) >= 11 is 0. The molecule has 3 heterocycles. The lowest BCUT2D eigenvalue weighted by Crippen LogP contribution is -2.46. The topological polar surface area (TPSA) is 71.4 Å². The summed E-state index contributed by atoms with van der Waals surface area (Å²) in [7, 11) is 1.68. The fraction of sp³-hybridized carbons (Fsp3) is 0.810. The molecule has 28 heavy (non-hydrogen) atoms. The Labute approximate surface area is 167 Å². The Hall–Kier alpha value is -1.44. The molecule has 0 aromatic carbocycles. The van der Waals surface area contributed by atoms with Crippen molar-refractivity contribution in [3.8, 4) is 0 Å². The SMILES string of the molecule is Cn1ncc(N2CCOC(CCNC3CCC4(CCNCC4)CC3)C2)cc1=O. The standard InChI is InChI=1S/C21H35N5O2/c1-25-20(27)14-18(15-24-25)26-12-13-28-19(16-26)4-9-23-17-2-5-21(6-3-17)7-10-22-11-8-21/h14-15,17,19,22-23H,2-13,16H2,1H3. The highest BCUT2D eigenvalue weighted by atomic mass is 16.5. The van der Waals surface area contributed by atoms with Crippen molar-refractivity contribution < 1.29 is 4.74 Å². The summed E-state index contributed by atoms with van der Waals surface area (Å²) < 4.78 is 7.34. The monoisotopic (exact) mass is 389 g/mol. The normalized spacial score (nSPS) is 25.9. The van der Waals surface area contributed by atoms with E-state index in [1.807, 2.05) is 0 Å². The maximum absolute atomic E-state index is 11.9. The average molecular weight is 390 g/mol. The Bertz CT molecular complexity index is 690. The molecule has 156 valence electrons. The van der Waals surface area contributed by atoms with Crippen molar-refractivity contribution in [2.24, 2.45) is 12.5 Å². The van der Waals surface area contributed by atoms with Crippen LogP contribution in [0.1, 0.15) is 44.9 Å². The zero-order chi connectivity index (χ0) is 19.4. The van der Waals surface area contributed by atoms with Crippen LogP contribution in [-0.2, 0) is 11.8 Å². The minimum atomic E-state index is -0.0639. The largest absolute Gasteiger partial charge is 0.374 e. The van der Waals surface area contributed by atoms with E-state index < -0.39 is 0 Å². The van der Waals surface area contributed by atoms with Crippen molar-refractivity contribution in [2.75, 3.05) is 44.2 Å². The number of ether oxygens (including phenoxy) is 1. The molecule has 1 saturated carbocycles. The van der Waals surface area contributed by atoms with Crippen molar-refractivity contribution in [2.45, 2.75) is 57.1 Å². The van der Waals surface area contributed by atoms with Gasteiger partial charge in [-0.1, -0.05) is 0 Å². The lowest BCUT2D eigenvalue weighted by Gasteiger charge is -2.43. The molecule has 1 aromatic heterocycles. The Balaban J connectivity index is 1.20. The predicted octanol–water partition coefficient (Wildman–Crippen LogP) is 1.28. The molecule has 2 saturated heterocycles. The van der Waals surface area contributed by atoms with E-state index in [9.17, 15) is 4.79 Å². The minimum absolute atomic E-state index is 0.0639. The van der Waals surface area contributed by atoms with Gasteiger partial charge in [0.25, 0.3) is 5.56 Å². The fourth-order valence-corrected chi connectivity index (χ4v) is 5.10. The van der Waals surface area contributed by atoms with Crippen LogP contribution >= 0.6 is 0 Å². The smallest absolute Gasteiger partial charge is 0.268 e. The molecule has 3 aliphatic rings. The van der Waals surface area contributed by atoms with Crippen molar-refractivity contribution >= 4 is 5.69 Å². The van der Waals surface area contributed by atoms with E-state index in [2.05, 4.69) is 20.6 Å². The lowest BCUT2D eigenvalue weighted by molar-refractivity contribution is 0.0340. The first-order valence-corrected chi connectivity index (χ1v) is 11.0. The zero-order valence-electron chi connectivity index (χ0n) is 17.2. The number of morpholine rings is 1. The van der Waals surface area contributed by atoms with Gasteiger partial charge in [0.1, 0.15) is 0 Å². The number of hydrogen-bond donors (Lipinski definition) is 2. The number of nitrogens with zero attached hydrogens (tertiary/aromatic N) is 3. The molecule has 3 fully saturated rings. The molecule has 2 aliphatic heterocycles. The van der Waals surface area contributed by atoms with Crippen LogP contribution in [0.4, 0.5) is 5.69 Å². The van der Waals surface area contributed by atoms with E-state index in [-0.39, 0.29) is 11.7 Å². The lowest BCUT2D eigenvalue weighted by atomic mass is 9.67. The van der Waals surface area contributed by atoms with Crippen LogP contribution in [0.2, 0.25) is 0 Å². The van der Waals surface area contributed by atoms with Crippen LogP contribution in [0.25, 0.3) is 0 Å². The average Bonchev–Trinajstić information content (AvgIpc) is 2.73. The summed E-state index contributed by atoms with van der Waals surface area (Å²) in [5.74, 6) is 0. The first-order valence-electron chi connectivity index (χ1n) is 11.0. The van der Waals surface area contributed by atoms with E-state index >= 15 is 0 Å². The van der Waals surface area contributed by atoms with Gasteiger partial charge in [-0.2, -0.15) is 5.10 Å². The molecular weight excluding hydrogens is 354 g/mol. The van der Waals surface area contributed by atoms with Crippen LogP contribution in [0, 0.1) is 5.41 Å². The van der Waals surface area contributed by atoms with Crippen LogP contribution in [0.3, 0.4) is 0 Å². The quantitative estimate of drug-likeness (QED) is 0.791. The third-order valence-corrected chi connectivity index (χ3v) is 7.07. The van der Waals surface area contributed by atoms with Crippen molar-refractivity contribution in [3.05, 3.63) is 22.6 Å². The summed E-state index contributed by atoms with van der Waals surface area (Å²) in [4.78, 5) is 14.1. The molecule has 1 spiro atoms. The van der Waals surface area contributed by atoms with Gasteiger partial charge in [-0.05, 0) is 70.0 Å². The molecular formula is C21H35N5O2. The Morgan fingerprint density at radius 3 is 2.82 bits per heavy atom. The van der Waals surface area contributed by atoms with Crippen molar-refractivity contribution in [1.29, 1.82) is 0 Å². The van der Waals surface area contributed by atoms with E-state index in [4.69, 9.17) is 4.74 Å². The summed E-state index contributed by atoms with van der Waals surface area (Å²) in [6.45, 7) is 5.77. The molecule has 4 rings (SSSR count). The summed E-state index contributed by atoms with van der Waals surface area (Å²) in [5.41, 5.74) is 1.48. The van der Waals surface area contributed by atoms with Crippen molar-refractivity contribution in [3.63, 3.8) is 0 Å². The number of aryl methyl sites for hydroxylation is 1. The fourth-order valence-electron chi connectivity index (χ4n) is 5.10. The molecule has 0 radical (unpaired) electrons. The van der Waals surface area contributed by atoms with Gasteiger partial charge < -0.3 is 20.3 Å². The second-order valence-electron chi connectivity index (χ2n) is 8.88. The van der Waals surface area contributed by atoms with Crippen molar-refractivity contribution in [1.82, 2.24) is 20.4 Å². The van der Waals surface area contributed by atoms with Gasteiger partial charge in [-0.25, -0.2) is 4.68 Å². The number of piperidine rings is 1. The van der Waals surface area contributed by atoms with E-state index in [1.165, 1.54) is 56.3 Å². The maximum atomic E-state index is 11.9. The zero-order valence-corrected chi connectivity index (χ0v) is 17.2. The highest BCUT2D eigenvalue weighted by molar-refractivity contribution is 5.43. The highest BCUT2D eigenvalue weighted by Gasteiger charge is 2.36. The van der Waals surface area contributed by atoms with Gasteiger partial charge in [0.05, 0.1) is 24.6 Å². The predicted molar refractivity (Wildman–Crippen MR) is 111 cm³/mol. The highest BCUT2D eigenvalue weighted by Crippen LogP contribution is 2.43. The molecule has 7 heteroatoms. The van der Waals surface area contributed by atoms with Crippen LogP contribution < -0.4 is 21.1 Å². The number of aromatic nitrogens is 2. The molecule has 1 aliphatic carbocycles. The Morgan fingerprint density at radius 1 is 1.29 bits per heavy atom. The van der Waals surface area contributed by atoms with Gasteiger partial charge in [-0.3, -0.25) is 4.79 Å². The van der Waals surface area contributed by atoms with E-state index in [1.54, 1.807) is 19.3 Å². The minimum Gasteiger partial charge on any atom is -0.374 e. The third-order valence-electron chi connectivity index (χ3n) is 7.07. The first kappa shape index (κ1) is 19.9. The number of anilines is 1.